The molecule has 182 valence electrons. The minimum atomic E-state index is -3.95. The Labute approximate surface area is 206 Å². The number of nitrogens with zero attached hydrogens (tertiary/aromatic N) is 5. The van der Waals surface area contributed by atoms with E-state index >= 15 is 0 Å². The number of fused-ring (bicyclic) bond motifs is 1. The fourth-order valence-corrected chi connectivity index (χ4v) is 5.84. The minimum absolute atomic E-state index is 0.0149. The van der Waals surface area contributed by atoms with E-state index in [0.717, 1.165) is 15.6 Å². The monoisotopic (exact) mass is 515 g/mol. The number of aromatic nitrogens is 1. The van der Waals surface area contributed by atoms with E-state index in [1.807, 2.05) is 12.1 Å². The molecular formula is C23H22FN5O4S2. The SMILES string of the molecule is COCCn1c(=NC(=O)c2ccc(S(=O)(=O)N(CCC#N)CCC#N)cc2)sc2cccc(F)c21. The number of methoxy groups -OCH3 is 1. The smallest absolute Gasteiger partial charge is 0.279 e. The molecule has 3 rings (SSSR count). The molecule has 0 N–H and O–H groups in total. The first-order valence-electron chi connectivity index (χ1n) is 10.5. The Bertz CT molecular complexity index is 1450. The van der Waals surface area contributed by atoms with Crippen molar-refractivity contribution in [2.75, 3.05) is 26.8 Å². The van der Waals surface area contributed by atoms with Gasteiger partial charge in [0.15, 0.2) is 4.80 Å². The predicted octanol–water partition coefficient (Wildman–Crippen LogP) is 3.05. The van der Waals surface area contributed by atoms with Crippen LogP contribution in [-0.2, 0) is 21.3 Å². The van der Waals surface area contributed by atoms with Gasteiger partial charge in [0.25, 0.3) is 5.91 Å². The summed E-state index contributed by atoms with van der Waals surface area (Å²) in [5, 5.41) is 17.6. The van der Waals surface area contributed by atoms with Crippen LogP contribution in [0.1, 0.15) is 23.2 Å². The van der Waals surface area contributed by atoms with Crippen LogP contribution in [0.15, 0.2) is 52.4 Å². The van der Waals surface area contributed by atoms with Crippen molar-refractivity contribution < 1.29 is 22.3 Å². The van der Waals surface area contributed by atoms with E-state index < -0.39 is 21.7 Å². The highest BCUT2D eigenvalue weighted by Crippen LogP contribution is 2.21. The van der Waals surface area contributed by atoms with Crippen molar-refractivity contribution >= 4 is 37.5 Å². The van der Waals surface area contributed by atoms with Gasteiger partial charge in [0.05, 0.1) is 33.9 Å². The molecule has 0 saturated carbocycles. The average Bonchev–Trinajstić information content (AvgIpc) is 3.20. The van der Waals surface area contributed by atoms with E-state index in [2.05, 4.69) is 4.99 Å². The van der Waals surface area contributed by atoms with Gasteiger partial charge in [-0.1, -0.05) is 17.4 Å². The number of sulfonamides is 1. The van der Waals surface area contributed by atoms with Gasteiger partial charge in [0.2, 0.25) is 10.0 Å². The molecule has 3 aromatic rings. The summed E-state index contributed by atoms with van der Waals surface area (Å²) in [5.41, 5.74) is 0.484. The summed E-state index contributed by atoms with van der Waals surface area (Å²) < 4.78 is 48.7. The lowest BCUT2D eigenvalue weighted by Gasteiger charge is -2.20. The zero-order chi connectivity index (χ0) is 25.4. The molecule has 0 fully saturated rings. The van der Waals surface area contributed by atoms with Crippen molar-refractivity contribution in [1.29, 1.82) is 10.5 Å². The van der Waals surface area contributed by atoms with Crippen molar-refractivity contribution in [2.24, 2.45) is 4.99 Å². The third-order valence-electron chi connectivity index (χ3n) is 5.05. The van der Waals surface area contributed by atoms with E-state index in [-0.39, 0.29) is 36.4 Å². The lowest BCUT2D eigenvalue weighted by molar-refractivity contribution is 0.0997. The predicted molar refractivity (Wildman–Crippen MR) is 127 cm³/mol. The molecule has 2 aromatic carbocycles. The first kappa shape index (κ1) is 26.2. The van der Waals surface area contributed by atoms with Gasteiger partial charge in [-0.15, -0.1) is 0 Å². The van der Waals surface area contributed by atoms with Crippen molar-refractivity contribution in [2.45, 2.75) is 24.3 Å². The van der Waals surface area contributed by atoms with Crippen LogP contribution in [0.2, 0.25) is 0 Å². The summed E-state index contributed by atoms with van der Waals surface area (Å²) in [6, 6.07) is 13.7. The van der Waals surface area contributed by atoms with Crippen LogP contribution in [0.4, 0.5) is 4.39 Å². The fourth-order valence-electron chi connectivity index (χ4n) is 3.33. The van der Waals surface area contributed by atoms with Gasteiger partial charge in [0, 0.05) is 45.1 Å². The van der Waals surface area contributed by atoms with Gasteiger partial charge in [-0.05, 0) is 36.4 Å². The normalized spacial score (nSPS) is 12.1. The highest BCUT2D eigenvalue weighted by Gasteiger charge is 2.24. The lowest BCUT2D eigenvalue weighted by atomic mass is 10.2. The summed E-state index contributed by atoms with van der Waals surface area (Å²) in [4.78, 5) is 17.2. The standard InChI is InChI=1S/C23H22FN5O4S2/c1-33-16-15-29-21-19(24)5-2-6-20(21)34-23(29)27-22(30)17-7-9-18(10-8-17)35(31,32)28(13-3-11-25)14-4-12-26/h2,5-10H,3-4,13-16H2,1H3. The number of nitriles is 2. The zero-order valence-corrected chi connectivity index (χ0v) is 20.5. The number of hydrogen-bond donors (Lipinski definition) is 0. The molecule has 1 aromatic heterocycles. The van der Waals surface area contributed by atoms with Crippen LogP contribution < -0.4 is 4.80 Å². The maximum absolute atomic E-state index is 14.4. The van der Waals surface area contributed by atoms with Gasteiger partial charge in [-0.25, -0.2) is 12.8 Å². The highest BCUT2D eigenvalue weighted by molar-refractivity contribution is 7.89. The molecule has 0 bridgehead atoms. The van der Waals surface area contributed by atoms with Gasteiger partial charge in [-0.3, -0.25) is 4.79 Å². The number of ether oxygens (including phenoxy) is 1. The Hall–Kier alpha value is -3.42. The molecule has 1 amide bonds. The summed E-state index contributed by atoms with van der Waals surface area (Å²) in [6.07, 6.45) is -0.0299. The van der Waals surface area contributed by atoms with E-state index in [1.54, 1.807) is 16.7 Å². The molecule has 9 nitrogen and oxygen atoms in total. The second-order valence-electron chi connectivity index (χ2n) is 7.28. The lowest BCUT2D eigenvalue weighted by Crippen LogP contribution is -2.32. The van der Waals surface area contributed by atoms with Crippen molar-refractivity contribution in [3.05, 3.63) is 58.6 Å². The Morgan fingerprint density at radius 3 is 2.40 bits per heavy atom. The molecule has 0 aliphatic heterocycles. The largest absolute Gasteiger partial charge is 0.383 e. The summed E-state index contributed by atoms with van der Waals surface area (Å²) in [6.45, 7) is 0.505. The van der Waals surface area contributed by atoms with Crippen LogP contribution in [0.25, 0.3) is 10.2 Å². The maximum Gasteiger partial charge on any atom is 0.279 e. The van der Waals surface area contributed by atoms with Crippen LogP contribution in [0, 0.1) is 28.5 Å². The Morgan fingerprint density at radius 2 is 1.80 bits per heavy atom. The number of para-hydroxylation sites is 1. The minimum Gasteiger partial charge on any atom is -0.383 e. The molecule has 12 heteroatoms. The number of hydrogen-bond acceptors (Lipinski definition) is 7. The third-order valence-corrected chi connectivity index (χ3v) is 8.01. The van der Waals surface area contributed by atoms with Gasteiger partial charge in [-0.2, -0.15) is 19.8 Å². The molecule has 35 heavy (non-hydrogen) atoms. The molecule has 0 aliphatic rings. The first-order valence-corrected chi connectivity index (χ1v) is 12.8. The van der Waals surface area contributed by atoms with Crippen LogP contribution in [0.3, 0.4) is 0 Å². The zero-order valence-electron chi connectivity index (χ0n) is 18.8. The maximum atomic E-state index is 14.4. The molecular weight excluding hydrogens is 493 g/mol. The average molecular weight is 516 g/mol. The van der Waals surface area contributed by atoms with Crippen LogP contribution in [-0.4, -0.2) is 50.0 Å². The van der Waals surface area contributed by atoms with E-state index in [1.165, 1.54) is 37.4 Å². The number of amides is 1. The Balaban J connectivity index is 1.93. The number of benzene rings is 2. The molecule has 0 spiro atoms. The number of carbonyl (C=O) groups is 1. The Morgan fingerprint density at radius 1 is 1.14 bits per heavy atom. The van der Waals surface area contributed by atoms with E-state index in [0.29, 0.717) is 28.2 Å². The summed E-state index contributed by atoms with van der Waals surface area (Å²) in [7, 11) is -2.44. The third kappa shape index (κ3) is 5.99. The summed E-state index contributed by atoms with van der Waals surface area (Å²) in [5.74, 6) is -1.05. The fraction of sp³-hybridized carbons (Fsp3) is 0.304. The van der Waals surface area contributed by atoms with E-state index in [4.69, 9.17) is 15.3 Å². The van der Waals surface area contributed by atoms with Crippen LogP contribution in [0.5, 0.6) is 0 Å². The number of carbonyl (C=O) groups excluding carboxylic acids is 1. The first-order chi connectivity index (χ1) is 16.8. The van der Waals surface area contributed by atoms with Crippen molar-refractivity contribution in [1.82, 2.24) is 8.87 Å². The molecule has 0 saturated heterocycles. The molecule has 0 aliphatic carbocycles. The molecule has 0 atom stereocenters. The van der Waals surface area contributed by atoms with Crippen molar-refractivity contribution in [3.63, 3.8) is 0 Å². The molecule has 0 radical (unpaired) electrons. The van der Waals surface area contributed by atoms with Crippen LogP contribution >= 0.6 is 11.3 Å². The topological polar surface area (TPSA) is 129 Å². The van der Waals surface area contributed by atoms with E-state index in [9.17, 15) is 17.6 Å². The van der Waals surface area contributed by atoms with Gasteiger partial charge < -0.3 is 9.30 Å². The second kappa shape index (κ2) is 11.8. The number of halogens is 1. The highest BCUT2D eigenvalue weighted by atomic mass is 32.2. The quantitative estimate of drug-likeness (QED) is 0.408. The van der Waals surface area contributed by atoms with Crippen molar-refractivity contribution in [3.8, 4) is 12.1 Å². The molecule has 0 unspecified atom stereocenters. The second-order valence-corrected chi connectivity index (χ2v) is 10.2. The van der Waals surface area contributed by atoms with Gasteiger partial charge >= 0.3 is 0 Å². The number of thiazole rings is 1. The molecule has 1 heterocycles. The summed E-state index contributed by atoms with van der Waals surface area (Å²) >= 11 is 1.16. The number of rotatable bonds is 10. The van der Waals surface area contributed by atoms with Gasteiger partial charge in [0.1, 0.15) is 5.82 Å². The Kier molecular flexibility index (Phi) is 8.84.